The Morgan fingerprint density at radius 1 is 1.06 bits per heavy atom. The summed E-state index contributed by atoms with van der Waals surface area (Å²) in [5, 5.41) is 5.22. The third-order valence-corrected chi connectivity index (χ3v) is 6.12. The van der Waals surface area contributed by atoms with Gasteiger partial charge in [0, 0.05) is 23.5 Å². The van der Waals surface area contributed by atoms with Crippen molar-refractivity contribution in [2.45, 2.75) is 6.04 Å². The number of sulfone groups is 1. The molecule has 158 valence electrons. The maximum atomic E-state index is 12.9. The summed E-state index contributed by atoms with van der Waals surface area (Å²) in [6.07, 6.45) is 4.90. The molecular weight excluding hydrogens is 418 g/mol. The molecule has 2 aromatic carbocycles. The number of ether oxygens (including phenoxy) is 1. The average Bonchev–Trinajstić information content (AvgIpc) is 3.43. The zero-order chi connectivity index (χ0) is 21.8. The van der Waals surface area contributed by atoms with Gasteiger partial charge < -0.3 is 9.64 Å². The fourth-order valence-electron chi connectivity index (χ4n) is 3.28. The lowest BCUT2D eigenvalue weighted by atomic mass is 10.2. The van der Waals surface area contributed by atoms with Gasteiger partial charge in [-0.15, -0.1) is 0 Å². The normalized spacial score (nSPS) is 16.7. The maximum absolute atomic E-state index is 12.9. The smallest absolute Gasteiger partial charge is 0.338 e. The summed E-state index contributed by atoms with van der Waals surface area (Å²) >= 11 is 0. The number of carbonyl (C=O) groups is 2. The molecule has 0 bridgehead atoms. The summed E-state index contributed by atoms with van der Waals surface area (Å²) in [7, 11) is -3.37. The molecule has 1 amide bonds. The van der Waals surface area contributed by atoms with Crippen LogP contribution in [0, 0.1) is 0 Å². The number of para-hydroxylation sites is 1. The number of hydrogen-bond acceptors (Lipinski definition) is 6. The third kappa shape index (κ3) is 4.72. The van der Waals surface area contributed by atoms with Crippen molar-refractivity contribution in [3.05, 3.63) is 90.1 Å². The number of hydrogen-bond donors (Lipinski definition) is 0. The van der Waals surface area contributed by atoms with Crippen LogP contribution in [0.2, 0.25) is 0 Å². The van der Waals surface area contributed by atoms with Gasteiger partial charge in [0.15, 0.2) is 16.4 Å². The van der Waals surface area contributed by atoms with Crippen molar-refractivity contribution in [2.24, 2.45) is 0 Å². The molecule has 0 radical (unpaired) electrons. The summed E-state index contributed by atoms with van der Waals surface area (Å²) in [6.45, 7) is -0.515. The van der Waals surface area contributed by atoms with Crippen LogP contribution in [-0.2, 0) is 19.4 Å². The molecule has 9 heteroatoms. The van der Waals surface area contributed by atoms with Crippen molar-refractivity contribution < 1.29 is 22.7 Å². The second-order valence-electron chi connectivity index (χ2n) is 6.90. The molecule has 4 rings (SSSR count). The van der Waals surface area contributed by atoms with Gasteiger partial charge in [0.1, 0.15) is 0 Å². The van der Waals surface area contributed by atoms with Gasteiger partial charge in [-0.3, -0.25) is 4.79 Å². The molecule has 8 nitrogen and oxygen atoms in total. The highest BCUT2D eigenvalue weighted by Gasteiger charge is 2.31. The van der Waals surface area contributed by atoms with Crippen molar-refractivity contribution >= 4 is 27.4 Å². The standard InChI is InChI=1S/C22H19N3O5S/c26-21(25(19-5-2-1-3-6-19)20-11-14-31(28,29)16-20)15-30-22(27)17-7-9-18(10-8-17)24-13-4-12-23-24/h1-14,20H,15-16H2. The minimum atomic E-state index is -3.37. The van der Waals surface area contributed by atoms with E-state index in [-0.39, 0.29) is 5.75 Å². The zero-order valence-corrected chi connectivity index (χ0v) is 17.2. The molecular formula is C22H19N3O5S. The Bertz CT molecular complexity index is 1200. The van der Waals surface area contributed by atoms with E-state index in [2.05, 4.69) is 5.10 Å². The SMILES string of the molecule is O=C(OCC(=O)N(c1ccccc1)C1C=CS(=O)(=O)C1)c1ccc(-n2cccn2)cc1. The number of benzene rings is 2. The Hall–Kier alpha value is -3.72. The van der Waals surface area contributed by atoms with Gasteiger partial charge in [0.25, 0.3) is 5.91 Å². The van der Waals surface area contributed by atoms with E-state index in [4.69, 9.17) is 4.74 Å². The highest BCUT2D eigenvalue weighted by molar-refractivity contribution is 7.94. The first-order valence-electron chi connectivity index (χ1n) is 9.48. The molecule has 1 unspecified atom stereocenters. The molecule has 2 heterocycles. The molecule has 1 aliphatic heterocycles. The van der Waals surface area contributed by atoms with Gasteiger partial charge in [0.05, 0.1) is 23.0 Å². The fourth-order valence-corrected chi connectivity index (χ4v) is 4.55. The predicted octanol–water partition coefficient (Wildman–Crippen LogP) is 2.37. The van der Waals surface area contributed by atoms with E-state index in [1.165, 1.54) is 11.0 Å². The number of rotatable bonds is 6. The number of amides is 1. The minimum absolute atomic E-state index is 0.212. The lowest BCUT2D eigenvalue weighted by Crippen LogP contribution is -2.43. The van der Waals surface area contributed by atoms with E-state index in [0.717, 1.165) is 11.1 Å². The van der Waals surface area contributed by atoms with Crippen molar-refractivity contribution in [3.8, 4) is 5.69 Å². The Morgan fingerprint density at radius 3 is 2.42 bits per heavy atom. The van der Waals surface area contributed by atoms with Crippen LogP contribution in [0.15, 0.2) is 84.5 Å². The highest BCUT2D eigenvalue weighted by atomic mass is 32.2. The Labute approximate surface area is 179 Å². The van der Waals surface area contributed by atoms with Gasteiger partial charge in [0.2, 0.25) is 0 Å². The van der Waals surface area contributed by atoms with Crippen LogP contribution in [0.4, 0.5) is 5.69 Å². The van der Waals surface area contributed by atoms with Gasteiger partial charge in [-0.05, 0) is 48.5 Å². The van der Waals surface area contributed by atoms with Gasteiger partial charge in [-0.2, -0.15) is 5.10 Å². The van der Waals surface area contributed by atoms with E-state index in [9.17, 15) is 18.0 Å². The van der Waals surface area contributed by atoms with E-state index in [1.54, 1.807) is 77.7 Å². The van der Waals surface area contributed by atoms with Gasteiger partial charge in [-0.1, -0.05) is 18.2 Å². The van der Waals surface area contributed by atoms with Crippen LogP contribution in [0.25, 0.3) is 5.69 Å². The van der Waals surface area contributed by atoms with Crippen molar-refractivity contribution in [3.63, 3.8) is 0 Å². The summed E-state index contributed by atoms with van der Waals surface area (Å²) in [5.74, 6) is -1.38. The minimum Gasteiger partial charge on any atom is -0.452 e. The zero-order valence-electron chi connectivity index (χ0n) is 16.4. The molecule has 0 saturated carbocycles. The Balaban J connectivity index is 1.45. The predicted molar refractivity (Wildman–Crippen MR) is 114 cm³/mol. The lowest BCUT2D eigenvalue weighted by Gasteiger charge is -2.27. The molecule has 0 spiro atoms. The average molecular weight is 437 g/mol. The van der Waals surface area contributed by atoms with Crippen LogP contribution >= 0.6 is 0 Å². The summed E-state index contributed by atoms with van der Waals surface area (Å²) in [5.41, 5.74) is 1.60. The van der Waals surface area contributed by atoms with E-state index in [1.807, 2.05) is 0 Å². The van der Waals surface area contributed by atoms with E-state index in [0.29, 0.717) is 11.3 Å². The van der Waals surface area contributed by atoms with Crippen LogP contribution < -0.4 is 4.90 Å². The monoisotopic (exact) mass is 437 g/mol. The number of aromatic nitrogens is 2. The summed E-state index contributed by atoms with van der Waals surface area (Å²) < 4.78 is 30.6. The molecule has 0 saturated heterocycles. The largest absolute Gasteiger partial charge is 0.452 e. The Kier molecular flexibility index (Phi) is 5.68. The van der Waals surface area contributed by atoms with Crippen molar-refractivity contribution in [1.82, 2.24) is 9.78 Å². The lowest BCUT2D eigenvalue weighted by molar-refractivity contribution is -0.121. The molecule has 1 aromatic heterocycles. The van der Waals surface area contributed by atoms with Crippen LogP contribution in [-0.4, -0.2) is 48.5 Å². The molecule has 1 aliphatic rings. The molecule has 0 aliphatic carbocycles. The van der Waals surface area contributed by atoms with E-state index < -0.39 is 34.4 Å². The molecule has 0 N–H and O–H groups in total. The second kappa shape index (κ2) is 8.57. The first-order valence-corrected chi connectivity index (χ1v) is 11.2. The van der Waals surface area contributed by atoms with Crippen molar-refractivity contribution in [2.75, 3.05) is 17.3 Å². The first-order chi connectivity index (χ1) is 14.9. The van der Waals surface area contributed by atoms with Crippen molar-refractivity contribution in [1.29, 1.82) is 0 Å². The quantitative estimate of drug-likeness (QED) is 0.549. The van der Waals surface area contributed by atoms with Gasteiger partial charge in [-0.25, -0.2) is 17.9 Å². The first kappa shape index (κ1) is 20.5. The van der Waals surface area contributed by atoms with Crippen LogP contribution in [0.3, 0.4) is 0 Å². The topological polar surface area (TPSA) is 98.6 Å². The van der Waals surface area contributed by atoms with E-state index >= 15 is 0 Å². The maximum Gasteiger partial charge on any atom is 0.338 e. The second-order valence-corrected chi connectivity index (χ2v) is 8.83. The molecule has 3 aromatic rings. The summed E-state index contributed by atoms with van der Waals surface area (Å²) in [6, 6.07) is 16.4. The van der Waals surface area contributed by atoms with Crippen LogP contribution in [0.1, 0.15) is 10.4 Å². The summed E-state index contributed by atoms with van der Waals surface area (Å²) in [4.78, 5) is 26.6. The third-order valence-electron chi connectivity index (χ3n) is 4.74. The fraction of sp³-hybridized carbons (Fsp3) is 0.136. The molecule has 31 heavy (non-hydrogen) atoms. The molecule has 0 fully saturated rings. The van der Waals surface area contributed by atoms with Gasteiger partial charge >= 0.3 is 5.97 Å². The number of esters is 1. The Morgan fingerprint density at radius 2 is 1.81 bits per heavy atom. The number of nitrogens with zero attached hydrogens (tertiary/aromatic N) is 3. The highest BCUT2D eigenvalue weighted by Crippen LogP contribution is 2.23. The van der Waals surface area contributed by atoms with Crippen LogP contribution in [0.5, 0.6) is 0 Å². The number of anilines is 1. The molecule has 1 atom stereocenters. The number of carbonyl (C=O) groups excluding carboxylic acids is 2.